The van der Waals surface area contributed by atoms with Crippen molar-refractivity contribution in [2.75, 3.05) is 11.9 Å². The molecule has 1 heterocycles. The lowest BCUT2D eigenvalue weighted by atomic mass is 10.0. The van der Waals surface area contributed by atoms with Gasteiger partial charge in [-0.05, 0) is 50.3 Å². The van der Waals surface area contributed by atoms with Crippen LogP contribution in [0.4, 0.5) is 19.0 Å². The summed E-state index contributed by atoms with van der Waals surface area (Å²) in [6.45, 7) is 5.62. The van der Waals surface area contributed by atoms with Gasteiger partial charge in [0, 0.05) is 26.1 Å². The number of hydrogen-bond acceptors (Lipinski definition) is 6. The van der Waals surface area contributed by atoms with Gasteiger partial charge in [-0.25, -0.2) is 14.3 Å². The molecule has 224 valence electrons. The number of unbranched alkanes of at least 4 members (excludes halogenated alkanes) is 4. The molecule has 1 aromatic carbocycles. The second-order valence-corrected chi connectivity index (χ2v) is 10.2. The standard InChI is InChI=1S/C28H41F3N4O5/c1-4-6-7-8-9-18-34-24(36)23(33-35(26(34)39)19-11-16-28(29,30)31)32-17-14-21-12-10-13-22(20-21)40-27(3,15-5-2)25(37)38/h10,12-13,20H,4-9,11,14-19H2,1-3H3,(H,32,33)(H,37,38). The molecule has 2 N–H and O–H groups in total. The van der Waals surface area contributed by atoms with Crippen LogP contribution in [0.5, 0.6) is 5.75 Å². The fourth-order valence-corrected chi connectivity index (χ4v) is 4.35. The Kier molecular flexibility index (Phi) is 12.7. The molecule has 0 aliphatic heterocycles. The maximum atomic E-state index is 13.0. The van der Waals surface area contributed by atoms with Crippen LogP contribution in [0.2, 0.25) is 0 Å². The first-order chi connectivity index (χ1) is 18.9. The van der Waals surface area contributed by atoms with Crippen LogP contribution >= 0.6 is 0 Å². The second kappa shape index (κ2) is 15.5. The SMILES string of the molecule is CCCCCCCn1c(=O)c(NCCc2cccc(OC(C)(CCC)C(=O)O)c2)nn(CCCC(F)(F)F)c1=O. The maximum Gasteiger partial charge on any atom is 0.389 e. The van der Waals surface area contributed by atoms with Gasteiger partial charge in [0.25, 0.3) is 5.56 Å². The van der Waals surface area contributed by atoms with Crippen molar-refractivity contribution in [1.29, 1.82) is 0 Å². The van der Waals surface area contributed by atoms with Gasteiger partial charge in [-0.1, -0.05) is 58.1 Å². The van der Waals surface area contributed by atoms with Gasteiger partial charge in [-0.3, -0.25) is 9.36 Å². The number of hydrogen-bond donors (Lipinski definition) is 2. The summed E-state index contributed by atoms with van der Waals surface area (Å²) in [5.74, 6) is -0.758. The first kappa shape index (κ1) is 32.9. The van der Waals surface area contributed by atoms with Gasteiger partial charge in [0.05, 0.1) is 0 Å². The van der Waals surface area contributed by atoms with Crippen LogP contribution in [-0.4, -0.2) is 43.7 Å². The Hall–Kier alpha value is -3.31. The molecular formula is C28H41F3N4O5. The molecule has 0 radical (unpaired) electrons. The molecular weight excluding hydrogens is 529 g/mol. The molecule has 0 fully saturated rings. The second-order valence-electron chi connectivity index (χ2n) is 10.2. The molecule has 0 aliphatic rings. The van der Waals surface area contributed by atoms with Gasteiger partial charge >= 0.3 is 17.8 Å². The number of rotatable bonds is 18. The predicted molar refractivity (Wildman–Crippen MR) is 147 cm³/mol. The van der Waals surface area contributed by atoms with E-state index in [1.165, 1.54) is 6.92 Å². The zero-order valence-electron chi connectivity index (χ0n) is 23.6. The van der Waals surface area contributed by atoms with E-state index in [1.807, 2.05) is 13.0 Å². The average Bonchev–Trinajstić information content (AvgIpc) is 2.87. The molecule has 1 atom stereocenters. The van der Waals surface area contributed by atoms with Crippen molar-refractivity contribution in [3.8, 4) is 5.75 Å². The van der Waals surface area contributed by atoms with Crippen molar-refractivity contribution in [1.82, 2.24) is 14.3 Å². The van der Waals surface area contributed by atoms with Crippen LogP contribution in [0.25, 0.3) is 0 Å². The minimum absolute atomic E-state index is 0.103. The van der Waals surface area contributed by atoms with Crippen molar-refractivity contribution in [3.63, 3.8) is 0 Å². The average molecular weight is 571 g/mol. The van der Waals surface area contributed by atoms with Crippen molar-refractivity contribution in [3.05, 3.63) is 50.7 Å². The van der Waals surface area contributed by atoms with Crippen LogP contribution < -0.4 is 21.3 Å². The minimum atomic E-state index is -4.35. The Morgan fingerprint density at radius 2 is 1.75 bits per heavy atom. The summed E-state index contributed by atoms with van der Waals surface area (Å²) in [6.07, 6.45) is 0.128. The summed E-state index contributed by atoms with van der Waals surface area (Å²) < 4.78 is 45.7. The molecule has 0 bridgehead atoms. The Morgan fingerprint density at radius 1 is 1.02 bits per heavy atom. The van der Waals surface area contributed by atoms with E-state index in [0.29, 0.717) is 31.4 Å². The number of ether oxygens (including phenoxy) is 1. The van der Waals surface area contributed by atoms with Gasteiger partial charge in [-0.15, -0.1) is 5.10 Å². The lowest BCUT2D eigenvalue weighted by Crippen LogP contribution is -2.43. The molecule has 1 aromatic heterocycles. The fourth-order valence-electron chi connectivity index (χ4n) is 4.35. The normalized spacial score (nSPS) is 13.2. The van der Waals surface area contributed by atoms with E-state index in [1.54, 1.807) is 18.2 Å². The van der Waals surface area contributed by atoms with E-state index in [-0.39, 0.29) is 31.9 Å². The quantitative estimate of drug-likeness (QED) is 0.231. The topological polar surface area (TPSA) is 115 Å². The number of carbonyl (C=O) groups is 1. The third kappa shape index (κ3) is 10.3. The summed E-state index contributed by atoms with van der Waals surface area (Å²) in [6, 6.07) is 6.96. The van der Waals surface area contributed by atoms with Crippen LogP contribution in [0, 0.1) is 0 Å². The number of anilines is 1. The number of halogens is 3. The molecule has 2 rings (SSSR count). The summed E-state index contributed by atoms with van der Waals surface area (Å²) >= 11 is 0. The van der Waals surface area contributed by atoms with Crippen LogP contribution in [0.15, 0.2) is 33.9 Å². The molecule has 0 spiro atoms. The summed E-state index contributed by atoms with van der Waals surface area (Å²) in [4.78, 5) is 37.6. The summed E-state index contributed by atoms with van der Waals surface area (Å²) in [5, 5.41) is 16.6. The number of carboxylic acids is 1. The minimum Gasteiger partial charge on any atom is -0.478 e. The highest BCUT2D eigenvalue weighted by atomic mass is 19.4. The van der Waals surface area contributed by atoms with Gasteiger partial charge in [-0.2, -0.15) is 13.2 Å². The highest BCUT2D eigenvalue weighted by Crippen LogP contribution is 2.24. The van der Waals surface area contributed by atoms with Crippen LogP contribution in [0.3, 0.4) is 0 Å². The highest BCUT2D eigenvalue weighted by Gasteiger charge is 2.34. The molecule has 9 nitrogen and oxygen atoms in total. The monoisotopic (exact) mass is 570 g/mol. The van der Waals surface area contributed by atoms with Crippen molar-refractivity contribution in [2.45, 2.75) is 110 Å². The first-order valence-electron chi connectivity index (χ1n) is 13.9. The van der Waals surface area contributed by atoms with Crippen LogP contribution in [0.1, 0.15) is 84.1 Å². The molecule has 0 saturated heterocycles. The van der Waals surface area contributed by atoms with Gasteiger partial charge in [0.1, 0.15) is 5.75 Å². The summed E-state index contributed by atoms with van der Waals surface area (Å²) in [5.41, 5.74) is -1.88. The number of aromatic nitrogens is 3. The largest absolute Gasteiger partial charge is 0.478 e. The van der Waals surface area contributed by atoms with E-state index in [0.717, 1.165) is 40.5 Å². The van der Waals surface area contributed by atoms with Crippen molar-refractivity contribution < 1.29 is 27.8 Å². The first-order valence-corrected chi connectivity index (χ1v) is 13.9. The zero-order chi connectivity index (χ0) is 29.8. The van der Waals surface area contributed by atoms with Gasteiger partial charge < -0.3 is 15.2 Å². The summed E-state index contributed by atoms with van der Waals surface area (Å²) in [7, 11) is 0. The molecule has 1 unspecified atom stereocenters. The Morgan fingerprint density at radius 3 is 2.40 bits per heavy atom. The molecule has 0 amide bonds. The number of alkyl halides is 3. The number of aryl methyl sites for hydroxylation is 1. The molecule has 2 aromatic rings. The molecule has 40 heavy (non-hydrogen) atoms. The number of carboxylic acid groups (broad SMARTS) is 1. The van der Waals surface area contributed by atoms with E-state index < -0.39 is 35.4 Å². The van der Waals surface area contributed by atoms with Crippen molar-refractivity contribution >= 4 is 11.8 Å². The molecule has 0 aliphatic carbocycles. The predicted octanol–water partition coefficient (Wildman–Crippen LogP) is 5.39. The Balaban J connectivity index is 2.17. The number of benzene rings is 1. The highest BCUT2D eigenvalue weighted by molar-refractivity contribution is 5.77. The zero-order valence-corrected chi connectivity index (χ0v) is 23.6. The smallest absolute Gasteiger partial charge is 0.389 e. The molecule has 0 saturated carbocycles. The lowest BCUT2D eigenvalue weighted by molar-refractivity contribution is -0.154. The maximum absolute atomic E-state index is 13.0. The van der Waals surface area contributed by atoms with E-state index >= 15 is 0 Å². The lowest BCUT2D eigenvalue weighted by Gasteiger charge is -2.26. The fraction of sp³-hybridized carbons (Fsp3) is 0.643. The number of aliphatic carboxylic acids is 1. The number of nitrogens with one attached hydrogen (secondary N) is 1. The van der Waals surface area contributed by atoms with Crippen LogP contribution in [-0.2, 0) is 24.3 Å². The number of nitrogens with zero attached hydrogens (tertiary/aromatic N) is 3. The van der Waals surface area contributed by atoms with Crippen molar-refractivity contribution in [2.24, 2.45) is 0 Å². The van der Waals surface area contributed by atoms with E-state index in [9.17, 15) is 32.7 Å². The Bertz CT molecular complexity index is 1210. The van der Waals surface area contributed by atoms with E-state index in [2.05, 4.69) is 17.3 Å². The third-order valence-electron chi connectivity index (χ3n) is 6.56. The molecule has 12 heteroatoms. The van der Waals surface area contributed by atoms with Gasteiger partial charge in [0.2, 0.25) is 11.4 Å². The third-order valence-corrected chi connectivity index (χ3v) is 6.56. The Labute approximate surface area is 232 Å². The van der Waals surface area contributed by atoms with Gasteiger partial charge in [0.15, 0.2) is 0 Å². The van der Waals surface area contributed by atoms with E-state index in [4.69, 9.17) is 4.74 Å².